The fourth-order valence-electron chi connectivity index (χ4n) is 5.17. The number of carbonyl (C=O) groups is 2. The van der Waals surface area contributed by atoms with Crippen LogP contribution in [0.3, 0.4) is 0 Å². The molecule has 0 aliphatic carbocycles. The van der Waals surface area contributed by atoms with Gasteiger partial charge in [0.2, 0.25) is 0 Å². The summed E-state index contributed by atoms with van der Waals surface area (Å²) >= 11 is 0.755. The summed E-state index contributed by atoms with van der Waals surface area (Å²) in [5.41, 5.74) is 6.03. The highest BCUT2D eigenvalue weighted by atomic mass is 32.2. The van der Waals surface area contributed by atoms with Crippen molar-refractivity contribution in [2.75, 3.05) is 27.7 Å². The summed E-state index contributed by atoms with van der Waals surface area (Å²) in [5.74, 6) is -8.96. The molecule has 244 valence electrons. The van der Waals surface area contributed by atoms with E-state index >= 15 is 4.39 Å². The van der Waals surface area contributed by atoms with Crippen LogP contribution in [0.4, 0.5) is 17.6 Å². The summed E-state index contributed by atoms with van der Waals surface area (Å²) in [6, 6.07) is 10.4. The fourth-order valence-corrected chi connectivity index (χ4v) is 7.41. The number of carboxylic acids is 1. The Morgan fingerprint density at radius 2 is 1.76 bits per heavy atom. The minimum atomic E-state index is -5.06. The van der Waals surface area contributed by atoms with E-state index in [0.29, 0.717) is 18.9 Å². The maximum atomic E-state index is 16.5. The van der Waals surface area contributed by atoms with Crippen LogP contribution in [0.5, 0.6) is 5.75 Å². The number of thioether (sulfide) groups is 1. The van der Waals surface area contributed by atoms with E-state index < -0.39 is 75.6 Å². The first-order valence-electron chi connectivity index (χ1n) is 13.5. The zero-order chi connectivity index (χ0) is 33.3. The average molecular weight is 674 g/mol. The van der Waals surface area contributed by atoms with Crippen LogP contribution in [0.15, 0.2) is 53.6 Å². The second-order valence-corrected chi connectivity index (χ2v) is 13.4. The van der Waals surface area contributed by atoms with Gasteiger partial charge in [-0.1, -0.05) is 48.2 Å². The third-order valence-electron chi connectivity index (χ3n) is 7.47. The van der Waals surface area contributed by atoms with Gasteiger partial charge in [0.1, 0.15) is 22.5 Å². The Kier molecular flexibility index (Phi) is 10.3. The lowest BCUT2D eigenvalue weighted by molar-refractivity contribution is -0.196. The third-order valence-corrected chi connectivity index (χ3v) is 10.5. The number of carboxylic acid groups (broad SMARTS) is 1. The Morgan fingerprint density at radius 1 is 1.13 bits per heavy atom. The van der Waals surface area contributed by atoms with Crippen molar-refractivity contribution in [3.05, 3.63) is 76.7 Å². The van der Waals surface area contributed by atoms with Gasteiger partial charge in [-0.3, -0.25) is 9.59 Å². The van der Waals surface area contributed by atoms with E-state index in [4.69, 9.17) is 10.5 Å². The first-order chi connectivity index (χ1) is 21.1. The van der Waals surface area contributed by atoms with Crippen molar-refractivity contribution in [1.82, 2.24) is 18.4 Å². The quantitative estimate of drug-likeness (QED) is 0.243. The minimum Gasteiger partial charge on any atom is -0.496 e. The highest BCUT2D eigenvalue weighted by molar-refractivity contribution is 7.98. The van der Waals surface area contributed by atoms with Gasteiger partial charge < -0.3 is 15.6 Å². The largest absolute Gasteiger partial charge is 0.496 e. The number of carbonyl (C=O) groups excluding carboxylic acids is 1. The SMILES string of the molecule is COc1ccccc1C(=O)n1nc(C2C(C(=O)O)N(S(=O)(=O)N(C)C)CCC2C(F)(F)F)c(F)c1SCc1ccc(CN)cc1. The number of benzene rings is 2. The van der Waals surface area contributed by atoms with Crippen LogP contribution >= 0.6 is 11.8 Å². The van der Waals surface area contributed by atoms with Crippen molar-refractivity contribution in [1.29, 1.82) is 0 Å². The summed E-state index contributed by atoms with van der Waals surface area (Å²) in [6.45, 7) is -0.514. The van der Waals surface area contributed by atoms with Gasteiger partial charge in [0.25, 0.3) is 16.1 Å². The second kappa shape index (κ2) is 13.5. The zero-order valence-corrected chi connectivity index (χ0v) is 26.0. The number of aromatic nitrogens is 2. The Hall–Kier alpha value is -3.51. The maximum absolute atomic E-state index is 16.5. The molecule has 3 atom stereocenters. The minimum absolute atomic E-state index is 0.0446. The second-order valence-electron chi connectivity index (χ2n) is 10.4. The number of rotatable bonds is 10. The van der Waals surface area contributed by atoms with Crippen LogP contribution in [-0.2, 0) is 27.3 Å². The van der Waals surface area contributed by atoms with Crippen molar-refractivity contribution in [3.8, 4) is 5.75 Å². The van der Waals surface area contributed by atoms with E-state index in [-0.39, 0.29) is 23.6 Å². The number of methoxy groups -OCH3 is 1. The van der Waals surface area contributed by atoms with Gasteiger partial charge in [-0.2, -0.15) is 40.0 Å². The van der Waals surface area contributed by atoms with Crippen LogP contribution in [-0.4, -0.2) is 83.8 Å². The van der Waals surface area contributed by atoms with E-state index in [9.17, 15) is 36.3 Å². The molecule has 3 unspecified atom stereocenters. The predicted octanol–water partition coefficient (Wildman–Crippen LogP) is 3.70. The molecule has 0 radical (unpaired) electrons. The van der Waals surface area contributed by atoms with Crippen molar-refractivity contribution in [2.45, 2.75) is 41.9 Å². The lowest BCUT2D eigenvalue weighted by Gasteiger charge is -2.43. The molecule has 17 heteroatoms. The van der Waals surface area contributed by atoms with E-state index in [2.05, 4.69) is 5.10 Å². The lowest BCUT2D eigenvalue weighted by Crippen LogP contribution is -2.58. The molecule has 1 aromatic heterocycles. The van der Waals surface area contributed by atoms with Crippen molar-refractivity contribution >= 4 is 33.8 Å². The molecule has 1 saturated heterocycles. The number of piperidine rings is 1. The van der Waals surface area contributed by atoms with Crippen LogP contribution in [0, 0.1) is 11.7 Å². The summed E-state index contributed by atoms with van der Waals surface area (Å²) in [5, 5.41) is 13.6. The van der Waals surface area contributed by atoms with E-state index in [1.807, 2.05) is 0 Å². The van der Waals surface area contributed by atoms with Crippen molar-refractivity contribution < 1.29 is 45.4 Å². The van der Waals surface area contributed by atoms with Gasteiger partial charge in [-0.15, -0.1) is 0 Å². The Labute approximate surface area is 261 Å². The Balaban J connectivity index is 1.92. The molecular formula is C28H31F4N5O6S2. The molecule has 1 fully saturated rings. The molecule has 1 aliphatic heterocycles. The average Bonchev–Trinajstić information content (AvgIpc) is 3.33. The van der Waals surface area contributed by atoms with Gasteiger partial charge >= 0.3 is 12.1 Å². The summed E-state index contributed by atoms with van der Waals surface area (Å²) in [7, 11) is -1.11. The number of nitrogens with zero attached hydrogens (tertiary/aromatic N) is 4. The molecule has 45 heavy (non-hydrogen) atoms. The number of aliphatic carboxylic acids is 1. The number of alkyl halides is 3. The monoisotopic (exact) mass is 673 g/mol. The van der Waals surface area contributed by atoms with Gasteiger partial charge in [0, 0.05) is 38.9 Å². The molecule has 0 amide bonds. The molecule has 0 bridgehead atoms. The Bertz CT molecular complexity index is 1660. The molecule has 2 heterocycles. The smallest absolute Gasteiger partial charge is 0.392 e. The number of para-hydroxylation sites is 1. The van der Waals surface area contributed by atoms with Crippen LogP contribution in [0.2, 0.25) is 0 Å². The highest BCUT2D eigenvalue weighted by Gasteiger charge is 2.58. The lowest BCUT2D eigenvalue weighted by atomic mass is 9.78. The van der Waals surface area contributed by atoms with Crippen LogP contribution in [0.1, 0.15) is 39.5 Å². The molecule has 11 nitrogen and oxygen atoms in total. The molecule has 0 spiro atoms. The van der Waals surface area contributed by atoms with Gasteiger partial charge in [-0.25, -0.2) is 4.39 Å². The predicted molar refractivity (Wildman–Crippen MR) is 156 cm³/mol. The van der Waals surface area contributed by atoms with Crippen LogP contribution < -0.4 is 10.5 Å². The molecule has 3 aromatic rings. The summed E-state index contributed by atoms with van der Waals surface area (Å²) < 4.78 is 92.9. The topological polar surface area (TPSA) is 148 Å². The van der Waals surface area contributed by atoms with Crippen molar-refractivity contribution in [2.24, 2.45) is 11.7 Å². The molecule has 2 aromatic carbocycles. The van der Waals surface area contributed by atoms with Crippen LogP contribution in [0.25, 0.3) is 0 Å². The first kappa shape index (κ1) is 34.4. The Morgan fingerprint density at radius 3 is 2.31 bits per heavy atom. The number of hydrogen-bond acceptors (Lipinski definition) is 8. The molecule has 3 N–H and O–H groups in total. The molecule has 4 rings (SSSR count). The van der Waals surface area contributed by atoms with E-state index in [0.717, 1.165) is 31.4 Å². The number of hydrogen-bond donors (Lipinski definition) is 2. The van der Waals surface area contributed by atoms with Gasteiger partial charge in [-0.05, 0) is 29.7 Å². The zero-order valence-electron chi connectivity index (χ0n) is 24.4. The van der Waals surface area contributed by atoms with Gasteiger partial charge in [0.05, 0.1) is 18.6 Å². The fraction of sp³-hybridized carbons (Fsp3) is 0.393. The maximum Gasteiger partial charge on any atom is 0.392 e. The molecule has 0 saturated carbocycles. The summed E-state index contributed by atoms with van der Waals surface area (Å²) in [4.78, 5) is 26.3. The number of nitrogens with two attached hydrogens (primary N) is 1. The third kappa shape index (κ3) is 6.86. The molecular weight excluding hydrogens is 642 g/mol. The van der Waals surface area contributed by atoms with E-state index in [1.165, 1.54) is 25.3 Å². The van der Waals surface area contributed by atoms with Gasteiger partial charge in [0.15, 0.2) is 5.82 Å². The summed E-state index contributed by atoms with van der Waals surface area (Å²) in [6.07, 6.45) is -5.93. The first-order valence-corrected chi connectivity index (χ1v) is 15.9. The standard InChI is InChI=1S/C28H31F4N5O6S2/c1-35(2)45(41,42)36-13-12-19(28(30,31)32)21(24(36)27(39)40)23-22(29)26(44-15-17-10-8-16(14-33)9-11-17)37(34-23)25(38)18-6-4-5-7-20(18)43-3/h4-11,19,21,24H,12-15,33H2,1-3H3,(H,39,40). The molecule has 1 aliphatic rings. The van der Waals surface area contributed by atoms with Crippen molar-refractivity contribution in [3.63, 3.8) is 0 Å². The number of ether oxygens (including phenoxy) is 1. The normalized spacial score (nSPS) is 19.5. The van der Waals surface area contributed by atoms with E-state index in [1.54, 1.807) is 30.3 Å². The highest BCUT2D eigenvalue weighted by Crippen LogP contribution is 2.48. The number of halogens is 4.